The van der Waals surface area contributed by atoms with Crippen molar-refractivity contribution < 1.29 is 14.3 Å². The summed E-state index contributed by atoms with van der Waals surface area (Å²) in [5.74, 6) is 1.22. The lowest BCUT2D eigenvalue weighted by Gasteiger charge is -2.35. The molecule has 0 radical (unpaired) electrons. The van der Waals surface area contributed by atoms with Crippen LogP contribution in [0, 0.1) is 0 Å². The Hall–Kier alpha value is -0.650. The monoisotopic (exact) mass is 565 g/mol. The molecule has 1 amide bonds. The molecule has 0 saturated carbocycles. The first kappa shape index (κ1) is 27.6. The minimum absolute atomic E-state index is 0. The van der Waals surface area contributed by atoms with E-state index >= 15 is 0 Å². The van der Waals surface area contributed by atoms with E-state index in [1.54, 1.807) is 4.90 Å². The number of aliphatic imine (C=N–C) groups is 1. The van der Waals surface area contributed by atoms with E-state index in [4.69, 9.17) is 9.47 Å². The third-order valence-electron chi connectivity index (χ3n) is 6.74. The molecule has 3 aliphatic rings. The number of rotatable bonds is 8. The van der Waals surface area contributed by atoms with E-state index in [9.17, 15) is 4.79 Å². The van der Waals surface area contributed by atoms with Crippen molar-refractivity contribution in [3.05, 3.63) is 0 Å². The quantitative estimate of drug-likeness (QED) is 0.211. The average Bonchev–Trinajstić information content (AvgIpc) is 3.27. The smallest absolute Gasteiger partial charge is 0.239 e. The summed E-state index contributed by atoms with van der Waals surface area (Å²) in [5.41, 5.74) is 0. The van der Waals surface area contributed by atoms with Gasteiger partial charge >= 0.3 is 0 Å². The molecular formula is C23H44IN5O3. The summed E-state index contributed by atoms with van der Waals surface area (Å²) in [5, 5.41) is 3.52. The zero-order chi connectivity index (χ0) is 22.1. The average molecular weight is 566 g/mol. The van der Waals surface area contributed by atoms with Gasteiger partial charge in [0.1, 0.15) is 0 Å². The molecule has 0 aliphatic carbocycles. The van der Waals surface area contributed by atoms with Crippen LogP contribution < -0.4 is 5.32 Å². The van der Waals surface area contributed by atoms with E-state index in [1.807, 2.05) is 21.1 Å². The van der Waals surface area contributed by atoms with Crippen LogP contribution in [0.5, 0.6) is 0 Å². The minimum Gasteiger partial charge on any atom is -0.376 e. The molecule has 3 saturated heterocycles. The lowest BCUT2D eigenvalue weighted by Crippen LogP contribution is -2.48. The predicted molar refractivity (Wildman–Crippen MR) is 139 cm³/mol. The third kappa shape index (κ3) is 8.29. The fourth-order valence-electron chi connectivity index (χ4n) is 4.90. The van der Waals surface area contributed by atoms with Crippen LogP contribution in [0.3, 0.4) is 0 Å². The largest absolute Gasteiger partial charge is 0.376 e. The van der Waals surface area contributed by atoms with Gasteiger partial charge in [0.25, 0.3) is 0 Å². The molecule has 3 aliphatic heterocycles. The second kappa shape index (κ2) is 14.6. The van der Waals surface area contributed by atoms with Crippen molar-refractivity contribution in [3.63, 3.8) is 0 Å². The van der Waals surface area contributed by atoms with Gasteiger partial charge in [0.2, 0.25) is 5.91 Å². The number of amides is 1. The molecule has 0 bridgehead atoms. The number of likely N-dealkylation sites (N-methyl/N-ethyl adjacent to an activating group) is 1. The first-order valence-corrected chi connectivity index (χ1v) is 12.2. The molecular weight excluding hydrogens is 521 g/mol. The minimum atomic E-state index is 0. The van der Waals surface area contributed by atoms with Crippen molar-refractivity contribution in [2.75, 3.05) is 67.1 Å². The van der Waals surface area contributed by atoms with Crippen LogP contribution in [-0.2, 0) is 14.3 Å². The van der Waals surface area contributed by atoms with E-state index in [0.717, 1.165) is 90.4 Å². The number of carbonyl (C=O) groups is 1. The molecule has 3 fully saturated rings. The van der Waals surface area contributed by atoms with Gasteiger partial charge in [0.05, 0.1) is 24.9 Å². The molecule has 0 aromatic heterocycles. The van der Waals surface area contributed by atoms with Gasteiger partial charge in [-0.2, -0.15) is 0 Å². The Balaban J connectivity index is 0.00000363. The fraction of sp³-hybridized carbons (Fsp3) is 0.913. The van der Waals surface area contributed by atoms with Gasteiger partial charge in [0.15, 0.2) is 5.96 Å². The Morgan fingerprint density at radius 1 is 1.12 bits per heavy atom. The van der Waals surface area contributed by atoms with Crippen LogP contribution in [0.1, 0.15) is 51.4 Å². The Kier molecular flexibility index (Phi) is 12.6. The number of carbonyl (C=O) groups excluding carboxylic acids is 1. The Bertz CT molecular complexity index is 578. The molecule has 2 unspecified atom stereocenters. The Labute approximate surface area is 211 Å². The summed E-state index contributed by atoms with van der Waals surface area (Å²) in [6.07, 6.45) is 9.40. The van der Waals surface area contributed by atoms with Crippen molar-refractivity contribution in [3.8, 4) is 0 Å². The van der Waals surface area contributed by atoms with Gasteiger partial charge in [-0.1, -0.05) is 0 Å². The fourth-order valence-corrected chi connectivity index (χ4v) is 4.90. The van der Waals surface area contributed by atoms with Gasteiger partial charge in [-0.25, -0.2) is 0 Å². The molecule has 186 valence electrons. The van der Waals surface area contributed by atoms with Gasteiger partial charge in [0, 0.05) is 53.9 Å². The summed E-state index contributed by atoms with van der Waals surface area (Å²) in [4.78, 5) is 23.2. The van der Waals surface area contributed by atoms with Gasteiger partial charge < -0.3 is 24.6 Å². The van der Waals surface area contributed by atoms with E-state index in [-0.39, 0.29) is 35.9 Å². The molecule has 3 heterocycles. The Morgan fingerprint density at radius 2 is 1.91 bits per heavy atom. The number of ether oxygens (including phenoxy) is 2. The van der Waals surface area contributed by atoms with Crippen LogP contribution in [-0.4, -0.2) is 112 Å². The highest BCUT2D eigenvalue weighted by atomic mass is 127. The van der Waals surface area contributed by atoms with Crippen LogP contribution in [0.15, 0.2) is 4.99 Å². The zero-order valence-corrected chi connectivity index (χ0v) is 22.6. The predicted octanol–water partition coefficient (Wildman–Crippen LogP) is 2.17. The number of likely N-dealkylation sites (tertiary alicyclic amines) is 2. The normalized spacial score (nSPS) is 25.5. The second-order valence-corrected chi connectivity index (χ2v) is 9.26. The first-order valence-electron chi connectivity index (χ1n) is 12.2. The van der Waals surface area contributed by atoms with Crippen molar-refractivity contribution >= 4 is 35.8 Å². The van der Waals surface area contributed by atoms with Crippen molar-refractivity contribution in [1.29, 1.82) is 0 Å². The molecule has 0 aromatic rings. The number of guanidine groups is 1. The molecule has 0 aromatic carbocycles. The number of nitrogens with one attached hydrogen (secondary N) is 1. The highest BCUT2D eigenvalue weighted by molar-refractivity contribution is 14.0. The van der Waals surface area contributed by atoms with E-state index in [0.29, 0.717) is 12.2 Å². The molecule has 3 rings (SSSR count). The zero-order valence-electron chi connectivity index (χ0n) is 20.3. The lowest BCUT2D eigenvalue weighted by molar-refractivity contribution is -0.133. The summed E-state index contributed by atoms with van der Waals surface area (Å²) >= 11 is 0. The molecule has 9 heteroatoms. The molecule has 32 heavy (non-hydrogen) atoms. The maximum absolute atomic E-state index is 12.3. The maximum Gasteiger partial charge on any atom is 0.239 e. The summed E-state index contributed by atoms with van der Waals surface area (Å²) < 4.78 is 11.9. The standard InChI is InChI=1S/C23H43N5O3.HI/c1-24-23(25-12-7-14-27-13-6-9-21(27)22(29)26(2)3)28-15-10-19(11-16-28)31-18-20-8-4-5-17-30-20;/h19-21H,4-18H2,1-3H3,(H,24,25);1H. The van der Waals surface area contributed by atoms with Crippen LogP contribution in [0.25, 0.3) is 0 Å². The molecule has 0 spiro atoms. The van der Waals surface area contributed by atoms with Crippen molar-refractivity contribution in [2.24, 2.45) is 4.99 Å². The number of hydrogen-bond donors (Lipinski definition) is 1. The highest BCUT2D eigenvalue weighted by Crippen LogP contribution is 2.19. The number of nitrogens with zero attached hydrogens (tertiary/aromatic N) is 4. The number of piperidine rings is 1. The van der Waals surface area contributed by atoms with Gasteiger partial charge in [-0.15, -0.1) is 24.0 Å². The van der Waals surface area contributed by atoms with Crippen molar-refractivity contribution in [2.45, 2.75) is 69.6 Å². The van der Waals surface area contributed by atoms with E-state index in [1.165, 1.54) is 12.8 Å². The first-order chi connectivity index (χ1) is 15.1. The molecule has 2 atom stereocenters. The maximum atomic E-state index is 12.3. The second-order valence-electron chi connectivity index (χ2n) is 9.26. The number of hydrogen-bond acceptors (Lipinski definition) is 5. The molecule has 8 nitrogen and oxygen atoms in total. The van der Waals surface area contributed by atoms with Crippen LogP contribution in [0.4, 0.5) is 0 Å². The topological polar surface area (TPSA) is 69.6 Å². The highest BCUT2D eigenvalue weighted by Gasteiger charge is 2.31. The van der Waals surface area contributed by atoms with Gasteiger partial charge in [-0.05, 0) is 57.9 Å². The third-order valence-corrected chi connectivity index (χ3v) is 6.74. The van der Waals surface area contributed by atoms with Crippen molar-refractivity contribution in [1.82, 2.24) is 20.0 Å². The summed E-state index contributed by atoms with van der Waals surface area (Å²) in [6, 6.07) is 0.0624. The summed E-state index contributed by atoms with van der Waals surface area (Å²) in [7, 11) is 5.56. The van der Waals surface area contributed by atoms with Gasteiger partial charge in [-0.3, -0.25) is 14.7 Å². The molecule has 1 N–H and O–H groups in total. The van der Waals surface area contributed by atoms with E-state index in [2.05, 4.69) is 20.1 Å². The summed E-state index contributed by atoms with van der Waals surface area (Å²) in [6.45, 7) is 6.43. The SMILES string of the molecule is CN=C(NCCCN1CCCC1C(=O)N(C)C)N1CCC(OCC2CCCCO2)CC1.I. The van der Waals surface area contributed by atoms with Crippen LogP contribution in [0.2, 0.25) is 0 Å². The van der Waals surface area contributed by atoms with E-state index < -0.39 is 0 Å². The Morgan fingerprint density at radius 3 is 2.56 bits per heavy atom. The lowest BCUT2D eigenvalue weighted by atomic mass is 10.1. The van der Waals surface area contributed by atoms with Crippen LogP contribution >= 0.6 is 24.0 Å². The number of halogens is 1.